The van der Waals surface area contributed by atoms with E-state index in [0.29, 0.717) is 10.7 Å². The van der Waals surface area contributed by atoms with Crippen LogP contribution in [0.5, 0.6) is 0 Å². The average Bonchev–Trinajstić information content (AvgIpc) is 2.76. The summed E-state index contributed by atoms with van der Waals surface area (Å²) in [6.45, 7) is 3.41. The first-order chi connectivity index (χ1) is 14.7. The van der Waals surface area contributed by atoms with E-state index < -0.39 is 22.5 Å². The minimum absolute atomic E-state index is 0.0454. The zero-order chi connectivity index (χ0) is 22.6. The van der Waals surface area contributed by atoms with Crippen molar-refractivity contribution in [2.24, 2.45) is 0 Å². The third-order valence-corrected chi connectivity index (χ3v) is 7.13. The zero-order valence-electron chi connectivity index (χ0n) is 17.1. The van der Waals surface area contributed by atoms with Gasteiger partial charge in [-0.3, -0.25) is 9.10 Å². The van der Waals surface area contributed by atoms with Crippen LogP contribution in [0.1, 0.15) is 18.1 Å². The van der Waals surface area contributed by atoms with E-state index in [1.165, 1.54) is 24.3 Å². The van der Waals surface area contributed by atoms with Gasteiger partial charge in [0.05, 0.1) is 15.6 Å². The maximum atomic E-state index is 13.4. The molecule has 0 atom stereocenters. The highest BCUT2D eigenvalue weighted by Gasteiger charge is 2.29. The van der Waals surface area contributed by atoms with Crippen LogP contribution in [0, 0.1) is 6.92 Å². The lowest BCUT2D eigenvalue weighted by atomic mass is 10.1. The Kier molecular flexibility index (Phi) is 7.26. The highest BCUT2D eigenvalue weighted by Crippen LogP contribution is 2.33. The monoisotopic (exact) mass is 476 g/mol. The highest BCUT2D eigenvalue weighted by atomic mass is 35.5. The Bertz CT molecular complexity index is 1200. The lowest BCUT2D eigenvalue weighted by Gasteiger charge is -2.25. The molecule has 3 aromatic rings. The normalized spacial score (nSPS) is 11.2. The number of hydrogen-bond acceptors (Lipinski definition) is 3. The van der Waals surface area contributed by atoms with Crippen molar-refractivity contribution in [3.8, 4) is 0 Å². The zero-order valence-corrected chi connectivity index (χ0v) is 19.4. The van der Waals surface area contributed by atoms with Crippen LogP contribution in [0.15, 0.2) is 71.6 Å². The lowest BCUT2D eigenvalue weighted by molar-refractivity contribution is -0.114. The molecule has 0 radical (unpaired) electrons. The number of hydrogen-bond donors (Lipinski definition) is 1. The summed E-state index contributed by atoms with van der Waals surface area (Å²) < 4.78 is 27.8. The molecule has 1 N–H and O–H groups in total. The molecule has 0 aliphatic heterocycles. The molecule has 0 bridgehead atoms. The van der Waals surface area contributed by atoms with Crippen LogP contribution in [0.4, 0.5) is 11.4 Å². The second-order valence-corrected chi connectivity index (χ2v) is 9.64. The molecule has 1 amide bonds. The number of aryl methyl sites for hydroxylation is 2. The first-order valence-corrected chi connectivity index (χ1v) is 11.8. The lowest BCUT2D eigenvalue weighted by Crippen LogP contribution is -2.38. The molecule has 0 saturated heterocycles. The number of nitrogens with one attached hydrogen (secondary N) is 1. The molecule has 5 nitrogen and oxygen atoms in total. The Morgan fingerprint density at radius 2 is 1.71 bits per heavy atom. The fourth-order valence-corrected chi connectivity index (χ4v) is 5.10. The van der Waals surface area contributed by atoms with E-state index in [1.54, 1.807) is 24.3 Å². The van der Waals surface area contributed by atoms with Gasteiger partial charge in [0.1, 0.15) is 6.54 Å². The van der Waals surface area contributed by atoms with Gasteiger partial charge in [-0.2, -0.15) is 0 Å². The molecule has 3 rings (SSSR count). The van der Waals surface area contributed by atoms with Gasteiger partial charge in [-0.05, 0) is 54.8 Å². The molecule has 162 valence electrons. The smallest absolute Gasteiger partial charge is 0.264 e. The summed E-state index contributed by atoms with van der Waals surface area (Å²) >= 11 is 12.4. The van der Waals surface area contributed by atoms with Crippen molar-refractivity contribution in [2.75, 3.05) is 16.2 Å². The van der Waals surface area contributed by atoms with Crippen LogP contribution < -0.4 is 9.62 Å². The molecule has 0 fully saturated rings. The molecule has 31 heavy (non-hydrogen) atoms. The standard InChI is InChI=1S/C23H22Cl2N2O3S/c1-3-17-9-7-8-16(2)23(17)26-22(28)15-27(21-14-18(24)12-13-20(21)25)31(29,30)19-10-5-4-6-11-19/h4-14H,3,15H2,1-2H3,(H,26,28). The number of sulfonamides is 1. The van der Waals surface area contributed by atoms with Gasteiger partial charge in [-0.1, -0.05) is 66.5 Å². The van der Waals surface area contributed by atoms with Gasteiger partial charge in [-0.25, -0.2) is 8.42 Å². The summed E-state index contributed by atoms with van der Waals surface area (Å²) in [6, 6.07) is 18.1. The number of para-hydroxylation sites is 1. The maximum Gasteiger partial charge on any atom is 0.264 e. The summed E-state index contributed by atoms with van der Waals surface area (Å²) in [5, 5.41) is 3.34. The van der Waals surface area contributed by atoms with Crippen LogP contribution in [0.25, 0.3) is 0 Å². The van der Waals surface area contributed by atoms with Gasteiger partial charge in [0.15, 0.2) is 0 Å². The number of halogens is 2. The molecule has 0 aromatic heterocycles. The summed E-state index contributed by atoms with van der Waals surface area (Å²) in [6.07, 6.45) is 0.726. The van der Waals surface area contributed by atoms with Crippen molar-refractivity contribution in [3.63, 3.8) is 0 Å². The predicted octanol–water partition coefficient (Wildman–Crippen LogP) is 5.70. The van der Waals surface area contributed by atoms with Crippen molar-refractivity contribution >= 4 is 50.5 Å². The van der Waals surface area contributed by atoms with E-state index in [-0.39, 0.29) is 15.6 Å². The van der Waals surface area contributed by atoms with Gasteiger partial charge >= 0.3 is 0 Å². The van der Waals surface area contributed by atoms with Gasteiger partial charge < -0.3 is 5.32 Å². The summed E-state index contributed by atoms with van der Waals surface area (Å²) in [7, 11) is -4.08. The van der Waals surface area contributed by atoms with E-state index in [4.69, 9.17) is 23.2 Å². The molecule has 8 heteroatoms. The van der Waals surface area contributed by atoms with Gasteiger partial charge in [0.2, 0.25) is 5.91 Å². The topological polar surface area (TPSA) is 66.5 Å². The van der Waals surface area contributed by atoms with Crippen LogP contribution in [0.2, 0.25) is 10.0 Å². The minimum atomic E-state index is -4.08. The molecule has 0 aliphatic carbocycles. The van der Waals surface area contributed by atoms with Crippen molar-refractivity contribution < 1.29 is 13.2 Å². The quantitative estimate of drug-likeness (QED) is 0.475. The molecule has 0 aliphatic rings. The van der Waals surface area contributed by atoms with Gasteiger partial charge in [0, 0.05) is 10.7 Å². The van der Waals surface area contributed by atoms with Crippen LogP contribution >= 0.6 is 23.2 Å². The summed E-state index contributed by atoms with van der Waals surface area (Å²) in [5.74, 6) is -0.487. The Balaban J connectivity index is 2.02. The van der Waals surface area contributed by atoms with E-state index in [9.17, 15) is 13.2 Å². The van der Waals surface area contributed by atoms with Crippen molar-refractivity contribution in [3.05, 3.63) is 87.9 Å². The predicted molar refractivity (Wildman–Crippen MR) is 127 cm³/mol. The van der Waals surface area contributed by atoms with Crippen LogP contribution in [0.3, 0.4) is 0 Å². The minimum Gasteiger partial charge on any atom is -0.324 e. The first kappa shape index (κ1) is 23.1. The molecule has 0 spiro atoms. The number of anilines is 2. The Hall–Kier alpha value is -2.54. The van der Waals surface area contributed by atoms with Gasteiger partial charge in [0.25, 0.3) is 10.0 Å². The number of benzene rings is 3. The molecule has 0 heterocycles. The molecular weight excluding hydrogens is 455 g/mol. The third-order valence-electron chi connectivity index (χ3n) is 4.80. The SMILES string of the molecule is CCc1cccc(C)c1NC(=O)CN(c1cc(Cl)ccc1Cl)S(=O)(=O)c1ccccc1. The number of rotatable bonds is 7. The van der Waals surface area contributed by atoms with E-state index in [0.717, 1.165) is 21.9 Å². The van der Waals surface area contributed by atoms with E-state index >= 15 is 0 Å². The largest absolute Gasteiger partial charge is 0.324 e. The Morgan fingerprint density at radius 1 is 1.00 bits per heavy atom. The van der Waals surface area contributed by atoms with E-state index in [2.05, 4.69) is 5.32 Å². The van der Waals surface area contributed by atoms with Crippen LogP contribution in [-0.2, 0) is 21.2 Å². The molecule has 0 saturated carbocycles. The second kappa shape index (κ2) is 9.73. The van der Waals surface area contributed by atoms with Crippen molar-refractivity contribution in [1.82, 2.24) is 0 Å². The molecule has 3 aromatic carbocycles. The van der Waals surface area contributed by atoms with Gasteiger partial charge in [-0.15, -0.1) is 0 Å². The summed E-state index contributed by atoms with van der Waals surface area (Å²) in [4.78, 5) is 13.0. The molecular formula is C23H22Cl2N2O3S. The average molecular weight is 477 g/mol. The Labute approximate surface area is 192 Å². The van der Waals surface area contributed by atoms with E-state index in [1.807, 2.05) is 32.0 Å². The fourth-order valence-electron chi connectivity index (χ4n) is 3.21. The number of carbonyl (C=O) groups excluding carboxylic acids is 1. The number of nitrogens with zero attached hydrogens (tertiary/aromatic N) is 1. The van der Waals surface area contributed by atoms with Crippen molar-refractivity contribution in [1.29, 1.82) is 0 Å². The number of carbonyl (C=O) groups is 1. The maximum absolute atomic E-state index is 13.4. The first-order valence-electron chi connectivity index (χ1n) is 9.65. The summed E-state index contributed by atoms with van der Waals surface area (Å²) in [5.41, 5.74) is 2.68. The molecule has 0 unspecified atom stereocenters. The Morgan fingerprint density at radius 3 is 2.39 bits per heavy atom. The number of amides is 1. The third kappa shape index (κ3) is 5.21. The highest BCUT2D eigenvalue weighted by molar-refractivity contribution is 7.92. The van der Waals surface area contributed by atoms with Crippen molar-refractivity contribution in [2.45, 2.75) is 25.2 Å². The fraction of sp³-hybridized carbons (Fsp3) is 0.174. The second-order valence-electron chi connectivity index (χ2n) is 6.93. The van der Waals surface area contributed by atoms with Crippen LogP contribution in [-0.4, -0.2) is 20.9 Å².